The molecule has 0 spiro atoms. The fourth-order valence-electron chi connectivity index (χ4n) is 2.01. The van der Waals surface area contributed by atoms with Crippen molar-refractivity contribution in [2.75, 3.05) is 23.2 Å². The first-order valence-electron chi connectivity index (χ1n) is 7.57. The van der Waals surface area contributed by atoms with Crippen LogP contribution in [0.5, 0.6) is 0 Å². The number of nitrogens with zero attached hydrogens (tertiary/aromatic N) is 3. The molecule has 0 saturated carbocycles. The summed E-state index contributed by atoms with van der Waals surface area (Å²) in [6, 6.07) is 10.0. The normalized spacial score (nSPS) is 11.3. The van der Waals surface area contributed by atoms with Gasteiger partial charge in [0.2, 0.25) is 0 Å². The Bertz CT molecular complexity index is 728. The molecule has 23 heavy (non-hydrogen) atoms. The van der Waals surface area contributed by atoms with E-state index < -0.39 is 10.0 Å². The van der Waals surface area contributed by atoms with Gasteiger partial charge in [-0.25, -0.2) is 8.42 Å². The summed E-state index contributed by atoms with van der Waals surface area (Å²) in [5.41, 5.74) is 1.00. The molecule has 2 aromatic rings. The fourth-order valence-corrected chi connectivity index (χ4v) is 3.00. The summed E-state index contributed by atoms with van der Waals surface area (Å²) in [6.45, 7) is 4.92. The minimum absolute atomic E-state index is 0.203. The number of hydrogen-bond donors (Lipinski definition) is 1. The van der Waals surface area contributed by atoms with E-state index in [1.165, 1.54) is 0 Å². The van der Waals surface area contributed by atoms with Gasteiger partial charge in [-0.05, 0) is 37.6 Å². The molecule has 0 aliphatic carbocycles. The van der Waals surface area contributed by atoms with Gasteiger partial charge in [0, 0.05) is 13.6 Å². The lowest BCUT2D eigenvalue weighted by atomic mass is 10.2. The van der Waals surface area contributed by atoms with Crippen LogP contribution in [0.3, 0.4) is 0 Å². The van der Waals surface area contributed by atoms with Crippen LogP contribution < -0.4 is 9.62 Å². The van der Waals surface area contributed by atoms with Crippen LogP contribution in [0, 0.1) is 6.92 Å². The van der Waals surface area contributed by atoms with Crippen LogP contribution in [0.15, 0.2) is 41.3 Å². The van der Waals surface area contributed by atoms with Crippen molar-refractivity contribution in [2.45, 2.75) is 31.6 Å². The molecule has 0 fully saturated rings. The molecule has 2 rings (SSSR count). The van der Waals surface area contributed by atoms with Crippen LogP contribution in [0.4, 0.5) is 11.6 Å². The Morgan fingerprint density at radius 3 is 2.35 bits per heavy atom. The van der Waals surface area contributed by atoms with Gasteiger partial charge in [0.05, 0.1) is 4.90 Å². The van der Waals surface area contributed by atoms with Gasteiger partial charge in [-0.15, -0.1) is 10.2 Å². The van der Waals surface area contributed by atoms with Crippen LogP contribution in [-0.2, 0) is 10.0 Å². The van der Waals surface area contributed by atoms with Crippen LogP contribution in [0.2, 0.25) is 0 Å². The third-order valence-electron chi connectivity index (χ3n) is 3.46. The van der Waals surface area contributed by atoms with E-state index in [2.05, 4.69) is 21.8 Å². The molecule has 1 aromatic carbocycles. The van der Waals surface area contributed by atoms with Gasteiger partial charge in [0.1, 0.15) is 0 Å². The molecule has 0 aliphatic rings. The van der Waals surface area contributed by atoms with E-state index in [0.717, 1.165) is 30.8 Å². The lowest BCUT2D eigenvalue weighted by Gasteiger charge is -2.17. The molecular weight excluding hydrogens is 312 g/mol. The molecular formula is C16H22N4O2S. The standard InChI is InChI=1S/C16H22N4O2S/c1-4-5-12-20(3)16-11-10-15(17-18-16)19-23(21,22)14-8-6-13(2)7-9-14/h6-11H,4-5,12H2,1-3H3,(H,17,19). The predicted octanol–water partition coefficient (Wildman–Crippen LogP) is 2.82. The van der Waals surface area contributed by atoms with Crippen molar-refractivity contribution in [3.63, 3.8) is 0 Å². The van der Waals surface area contributed by atoms with Crippen LogP contribution >= 0.6 is 0 Å². The Hall–Kier alpha value is -2.15. The molecule has 124 valence electrons. The summed E-state index contributed by atoms with van der Waals surface area (Å²) in [6.07, 6.45) is 2.17. The second kappa shape index (κ2) is 7.41. The Kier molecular flexibility index (Phi) is 5.54. The summed E-state index contributed by atoms with van der Waals surface area (Å²) in [4.78, 5) is 2.20. The molecule has 7 heteroatoms. The summed E-state index contributed by atoms with van der Waals surface area (Å²) in [7, 11) is -1.70. The molecule has 0 aliphatic heterocycles. The van der Waals surface area contributed by atoms with Crippen LogP contribution in [-0.4, -0.2) is 32.2 Å². The maximum absolute atomic E-state index is 12.3. The molecule has 0 bridgehead atoms. The van der Waals surface area contributed by atoms with E-state index in [-0.39, 0.29) is 10.7 Å². The SMILES string of the molecule is CCCCN(C)c1ccc(NS(=O)(=O)c2ccc(C)cc2)nn1. The van der Waals surface area contributed by atoms with E-state index in [0.29, 0.717) is 0 Å². The number of unbranched alkanes of at least 4 members (excludes halogenated alkanes) is 1. The van der Waals surface area contributed by atoms with Gasteiger partial charge in [0.15, 0.2) is 11.6 Å². The summed E-state index contributed by atoms with van der Waals surface area (Å²) < 4.78 is 27.0. The van der Waals surface area contributed by atoms with Crippen LogP contribution in [0.25, 0.3) is 0 Å². The van der Waals surface area contributed by atoms with Gasteiger partial charge in [-0.3, -0.25) is 4.72 Å². The minimum atomic E-state index is -3.64. The molecule has 0 unspecified atom stereocenters. The highest BCUT2D eigenvalue weighted by atomic mass is 32.2. The largest absolute Gasteiger partial charge is 0.358 e. The van der Waals surface area contributed by atoms with E-state index in [4.69, 9.17) is 0 Å². The number of aryl methyl sites for hydroxylation is 1. The molecule has 0 amide bonds. The molecule has 6 nitrogen and oxygen atoms in total. The van der Waals surface area contributed by atoms with Gasteiger partial charge in [-0.2, -0.15) is 0 Å². The van der Waals surface area contributed by atoms with E-state index in [1.807, 2.05) is 18.9 Å². The molecule has 1 N–H and O–H groups in total. The number of sulfonamides is 1. The summed E-state index contributed by atoms with van der Waals surface area (Å²) >= 11 is 0. The van der Waals surface area contributed by atoms with Crippen molar-refractivity contribution >= 4 is 21.7 Å². The molecule has 1 heterocycles. The van der Waals surface area contributed by atoms with E-state index >= 15 is 0 Å². The quantitative estimate of drug-likeness (QED) is 0.842. The number of anilines is 2. The Morgan fingerprint density at radius 1 is 1.09 bits per heavy atom. The number of hydrogen-bond acceptors (Lipinski definition) is 5. The first-order valence-corrected chi connectivity index (χ1v) is 9.05. The first-order chi connectivity index (χ1) is 10.9. The minimum Gasteiger partial charge on any atom is -0.358 e. The molecule has 0 saturated heterocycles. The fraction of sp³-hybridized carbons (Fsp3) is 0.375. The van der Waals surface area contributed by atoms with Crippen molar-refractivity contribution in [3.8, 4) is 0 Å². The van der Waals surface area contributed by atoms with Gasteiger partial charge in [-0.1, -0.05) is 31.0 Å². The number of nitrogens with one attached hydrogen (secondary N) is 1. The van der Waals surface area contributed by atoms with Crippen molar-refractivity contribution in [3.05, 3.63) is 42.0 Å². The molecule has 0 atom stereocenters. The number of aromatic nitrogens is 2. The zero-order valence-electron chi connectivity index (χ0n) is 13.7. The van der Waals surface area contributed by atoms with Crippen molar-refractivity contribution < 1.29 is 8.42 Å². The average Bonchev–Trinajstić information content (AvgIpc) is 2.53. The molecule has 1 aromatic heterocycles. The Labute approximate surface area is 137 Å². The van der Waals surface area contributed by atoms with Crippen molar-refractivity contribution in [1.29, 1.82) is 0 Å². The van der Waals surface area contributed by atoms with Crippen LogP contribution in [0.1, 0.15) is 25.3 Å². The second-order valence-corrected chi connectivity index (χ2v) is 7.15. The smallest absolute Gasteiger partial charge is 0.263 e. The van der Waals surface area contributed by atoms with Crippen molar-refractivity contribution in [2.24, 2.45) is 0 Å². The Balaban J connectivity index is 2.09. The molecule has 0 radical (unpaired) electrons. The Morgan fingerprint density at radius 2 is 1.78 bits per heavy atom. The second-order valence-electron chi connectivity index (χ2n) is 5.47. The first kappa shape index (κ1) is 17.2. The zero-order valence-corrected chi connectivity index (χ0v) is 14.5. The maximum atomic E-state index is 12.3. The van der Waals surface area contributed by atoms with Gasteiger partial charge >= 0.3 is 0 Å². The zero-order chi connectivity index (χ0) is 16.9. The monoisotopic (exact) mass is 334 g/mol. The highest BCUT2D eigenvalue weighted by molar-refractivity contribution is 7.92. The van der Waals surface area contributed by atoms with E-state index in [9.17, 15) is 8.42 Å². The summed E-state index contributed by atoms with van der Waals surface area (Å²) in [5.74, 6) is 0.926. The highest BCUT2D eigenvalue weighted by Crippen LogP contribution is 2.16. The predicted molar refractivity (Wildman–Crippen MR) is 92.2 cm³/mol. The topological polar surface area (TPSA) is 75.2 Å². The van der Waals surface area contributed by atoms with Gasteiger partial charge < -0.3 is 4.90 Å². The lowest BCUT2D eigenvalue weighted by Crippen LogP contribution is -2.20. The summed E-state index contributed by atoms with van der Waals surface area (Å²) in [5, 5.41) is 8.03. The average molecular weight is 334 g/mol. The van der Waals surface area contributed by atoms with E-state index in [1.54, 1.807) is 36.4 Å². The number of benzene rings is 1. The third kappa shape index (κ3) is 4.66. The third-order valence-corrected chi connectivity index (χ3v) is 4.83. The highest BCUT2D eigenvalue weighted by Gasteiger charge is 2.15. The van der Waals surface area contributed by atoms with Crippen molar-refractivity contribution in [1.82, 2.24) is 10.2 Å². The number of rotatable bonds is 7. The maximum Gasteiger partial charge on any atom is 0.263 e. The van der Waals surface area contributed by atoms with Gasteiger partial charge in [0.25, 0.3) is 10.0 Å². The lowest BCUT2D eigenvalue weighted by molar-refractivity contribution is 0.601.